The van der Waals surface area contributed by atoms with Crippen LogP contribution in [0.1, 0.15) is 19.4 Å². The number of hydrogen-bond acceptors (Lipinski definition) is 6. The van der Waals surface area contributed by atoms with Gasteiger partial charge >= 0.3 is 0 Å². The Morgan fingerprint density at radius 2 is 1.97 bits per heavy atom. The number of amides is 1. The first kappa shape index (κ1) is 23.3. The Bertz CT molecular complexity index is 1080. The summed E-state index contributed by atoms with van der Waals surface area (Å²) in [4.78, 5) is 19.2. The van der Waals surface area contributed by atoms with Gasteiger partial charge in [-0.2, -0.15) is 0 Å². The molecule has 1 atom stereocenters. The maximum atomic E-state index is 12.8. The predicted molar refractivity (Wildman–Crippen MR) is 124 cm³/mol. The van der Waals surface area contributed by atoms with Crippen molar-refractivity contribution in [1.82, 2.24) is 9.21 Å². The summed E-state index contributed by atoms with van der Waals surface area (Å²) in [6.45, 7) is 4.52. The molecule has 0 saturated carbocycles. The molecule has 7 nitrogen and oxygen atoms in total. The Balaban J connectivity index is 1.77. The number of nitrogens with zero attached hydrogens (tertiary/aromatic N) is 3. The van der Waals surface area contributed by atoms with E-state index in [0.29, 0.717) is 23.1 Å². The Morgan fingerprint density at radius 1 is 1.23 bits per heavy atom. The Hall–Kier alpha value is -2.36. The summed E-state index contributed by atoms with van der Waals surface area (Å²) < 4.78 is 31.7. The second-order valence-electron chi connectivity index (χ2n) is 7.40. The van der Waals surface area contributed by atoms with Crippen LogP contribution in [0.3, 0.4) is 0 Å². The van der Waals surface area contributed by atoms with Gasteiger partial charge in [0, 0.05) is 25.9 Å². The molecule has 1 amide bonds. The zero-order chi connectivity index (χ0) is 22.6. The molecule has 2 aromatic carbocycles. The summed E-state index contributed by atoms with van der Waals surface area (Å²) in [5.41, 5.74) is 1.62. The van der Waals surface area contributed by atoms with Crippen LogP contribution in [0.15, 0.2) is 58.4 Å². The SMILES string of the molecule is CCc1cccc(OCC(=O)N2C[C@@H](C)SC2=Nc2cccc(S(=O)(=O)N(C)C)c2)c1. The lowest BCUT2D eigenvalue weighted by Gasteiger charge is -2.17. The molecule has 0 aliphatic carbocycles. The minimum absolute atomic E-state index is 0.0888. The van der Waals surface area contributed by atoms with Gasteiger partial charge in [-0.3, -0.25) is 9.69 Å². The van der Waals surface area contributed by atoms with Crippen molar-refractivity contribution in [3.63, 3.8) is 0 Å². The molecule has 166 valence electrons. The number of aliphatic imine (C=N–C) groups is 1. The van der Waals surface area contributed by atoms with Gasteiger partial charge in [0.1, 0.15) is 5.75 Å². The number of carbonyl (C=O) groups is 1. The lowest BCUT2D eigenvalue weighted by atomic mass is 10.2. The fraction of sp³-hybridized carbons (Fsp3) is 0.364. The van der Waals surface area contributed by atoms with Crippen molar-refractivity contribution in [2.45, 2.75) is 30.4 Å². The molecule has 1 saturated heterocycles. The first-order chi connectivity index (χ1) is 14.7. The molecule has 0 bridgehead atoms. The predicted octanol–water partition coefficient (Wildman–Crippen LogP) is 3.53. The van der Waals surface area contributed by atoms with Crippen LogP contribution in [0.4, 0.5) is 5.69 Å². The molecular weight excluding hydrogens is 434 g/mol. The summed E-state index contributed by atoms with van der Waals surface area (Å²) in [6.07, 6.45) is 0.894. The van der Waals surface area contributed by atoms with Crippen LogP contribution in [0.5, 0.6) is 5.75 Å². The summed E-state index contributed by atoms with van der Waals surface area (Å²) in [5.74, 6) is 0.474. The van der Waals surface area contributed by atoms with Crippen molar-refractivity contribution >= 4 is 38.5 Å². The number of sulfonamides is 1. The van der Waals surface area contributed by atoms with E-state index >= 15 is 0 Å². The van der Waals surface area contributed by atoms with Crippen LogP contribution < -0.4 is 4.74 Å². The third-order valence-electron chi connectivity index (χ3n) is 4.77. The van der Waals surface area contributed by atoms with E-state index in [1.807, 2.05) is 31.2 Å². The van der Waals surface area contributed by atoms with Crippen molar-refractivity contribution in [2.24, 2.45) is 4.99 Å². The smallest absolute Gasteiger partial charge is 0.266 e. The van der Waals surface area contributed by atoms with Crippen LogP contribution in [0.2, 0.25) is 0 Å². The molecule has 0 aromatic heterocycles. The summed E-state index contributed by atoms with van der Waals surface area (Å²) in [7, 11) is -0.592. The molecule has 0 radical (unpaired) electrons. The highest BCUT2D eigenvalue weighted by atomic mass is 32.2. The van der Waals surface area contributed by atoms with Crippen LogP contribution in [0, 0.1) is 0 Å². The molecule has 1 heterocycles. The maximum absolute atomic E-state index is 12.8. The van der Waals surface area contributed by atoms with E-state index in [0.717, 1.165) is 16.3 Å². The molecule has 31 heavy (non-hydrogen) atoms. The highest BCUT2D eigenvalue weighted by Crippen LogP contribution is 2.29. The van der Waals surface area contributed by atoms with E-state index in [2.05, 4.69) is 11.9 Å². The summed E-state index contributed by atoms with van der Waals surface area (Å²) >= 11 is 1.48. The van der Waals surface area contributed by atoms with Gasteiger partial charge in [0.05, 0.1) is 10.6 Å². The monoisotopic (exact) mass is 461 g/mol. The fourth-order valence-corrected chi connectivity index (χ4v) is 5.01. The summed E-state index contributed by atoms with van der Waals surface area (Å²) in [5, 5.41) is 0.725. The number of thioether (sulfide) groups is 1. The zero-order valence-electron chi connectivity index (χ0n) is 18.1. The van der Waals surface area contributed by atoms with Crippen molar-refractivity contribution < 1.29 is 17.9 Å². The largest absolute Gasteiger partial charge is 0.484 e. The van der Waals surface area contributed by atoms with Gasteiger partial charge < -0.3 is 4.74 Å². The van der Waals surface area contributed by atoms with Gasteiger partial charge in [-0.15, -0.1) is 0 Å². The van der Waals surface area contributed by atoms with E-state index in [4.69, 9.17) is 4.74 Å². The van der Waals surface area contributed by atoms with E-state index in [1.54, 1.807) is 17.0 Å². The Kier molecular flexibility index (Phi) is 7.40. The number of rotatable bonds is 7. The quantitative estimate of drug-likeness (QED) is 0.630. The molecule has 1 aliphatic heterocycles. The Morgan fingerprint density at radius 3 is 2.68 bits per heavy atom. The third-order valence-corrected chi connectivity index (χ3v) is 7.65. The van der Waals surface area contributed by atoms with E-state index in [1.165, 1.54) is 38.0 Å². The second-order valence-corrected chi connectivity index (χ2v) is 11.0. The molecule has 1 aliphatic rings. The normalized spacial score (nSPS) is 18.0. The molecular formula is C22H27N3O4S2. The molecule has 3 rings (SSSR count). The molecule has 9 heteroatoms. The highest BCUT2D eigenvalue weighted by molar-refractivity contribution is 8.14. The van der Waals surface area contributed by atoms with Crippen molar-refractivity contribution in [1.29, 1.82) is 0 Å². The van der Waals surface area contributed by atoms with Crippen molar-refractivity contribution in [3.8, 4) is 5.75 Å². The number of aryl methyl sites for hydroxylation is 1. The minimum atomic E-state index is -3.56. The van der Waals surface area contributed by atoms with Crippen LogP contribution in [-0.4, -0.2) is 61.2 Å². The van der Waals surface area contributed by atoms with Crippen LogP contribution >= 0.6 is 11.8 Å². The van der Waals surface area contributed by atoms with Crippen molar-refractivity contribution in [3.05, 3.63) is 54.1 Å². The molecule has 1 fully saturated rings. The molecule has 0 unspecified atom stereocenters. The number of hydrogen-bond donors (Lipinski definition) is 0. The first-order valence-electron chi connectivity index (χ1n) is 10.0. The number of benzene rings is 2. The second kappa shape index (κ2) is 9.84. The van der Waals surface area contributed by atoms with E-state index < -0.39 is 10.0 Å². The first-order valence-corrected chi connectivity index (χ1v) is 12.3. The highest BCUT2D eigenvalue weighted by Gasteiger charge is 2.31. The van der Waals surface area contributed by atoms with Crippen molar-refractivity contribution in [2.75, 3.05) is 27.2 Å². The van der Waals surface area contributed by atoms with E-state index in [-0.39, 0.29) is 22.7 Å². The zero-order valence-corrected chi connectivity index (χ0v) is 19.7. The molecule has 0 spiro atoms. The van der Waals surface area contributed by atoms with Crippen LogP contribution in [0.25, 0.3) is 0 Å². The fourth-order valence-electron chi connectivity index (χ4n) is 3.02. The average molecular weight is 462 g/mol. The lowest BCUT2D eigenvalue weighted by Crippen LogP contribution is -2.36. The number of amidine groups is 1. The standard InChI is InChI=1S/C22H27N3O4S2/c1-5-17-8-6-10-19(12-17)29-15-21(26)25-14-16(2)30-22(25)23-18-9-7-11-20(13-18)31(27,28)24(3)4/h6-13,16H,5,14-15H2,1-4H3/t16-/m1/s1. The molecule has 0 N–H and O–H groups in total. The van der Waals surface area contributed by atoms with Gasteiger partial charge in [0.2, 0.25) is 10.0 Å². The maximum Gasteiger partial charge on any atom is 0.266 e. The number of ether oxygens (including phenoxy) is 1. The van der Waals surface area contributed by atoms with E-state index in [9.17, 15) is 13.2 Å². The average Bonchev–Trinajstić information content (AvgIpc) is 3.12. The van der Waals surface area contributed by atoms with Gasteiger partial charge in [-0.1, -0.05) is 43.8 Å². The topological polar surface area (TPSA) is 79.3 Å². The third kappa shape index (κ3) is 5.66. The Labute approximate surface area is 188 Å². The lowest BCUT2D eigenvalue weighted by molar-refractivity contribution is -0.129. The van der Waals surface area contributed by atoms with Gasteiger partial charge in [-0.25, -0.2) is 17.7 Å². The number of carbonyl (C=O) groups excluding carboxylic acids is 1. The molecule has 2 aromatic rings. The van der Waals surface area contributed by atoms with Gasteiger partial charge in [-0.05, 0) is 42.3 Å². The van der Waals surface area contributed by atoms with Crippen LogP contribution in [-0.2, 0) is 21.2 Å². The van der Waals surface area contributed by atoms with Gasteiger partial charge in [0.25, 0.3) is 5.91 Å². The minimum Gasteiger partial charge on any atom is -0.484 e. The summed E-state index contributed by atoms with van der Waals surface area (Å²) in [6, 6.07) is 14.1. The van der Waals surface area contributed by atoms with Gasteiger partial charge in [0.15, 0.2) is 11.8 Å².